The van der Waals surface area contributed by atoms with E-state index in [2.05, 4.69) is 25.9 Å². The molecule has 0 N–H and O–H groups in total. The van der Waals surface area contributed by atoms with Crippen molar-refractivity contribution in [3.05, 3.63) is 21.1 Å². The van der Waals surface area contributed by atoms with Gasteiger partial charge in [-0.05, 0) is 22.4 Å². The fourth-order valence-corrected chi connectivity index (χ4v) is 1.94. The first kappa shape index (κ1) is 15.7. The van der Waals surface area contributed by atoms with Crippen molar-refractivity contribution >= 4 is 27.5 Å². The van der Waals surface area contributed by atoms with E-state index in [4.69, 9.17) is 16.3 Å². The van der Waals surface area contributed by atoms with E-state index in [0.717, 1.165) is 18.5 Å². The van der Waals surface area contributed by atoms with Gasteiger partial charge in [0, 0.05) is 6.42 Å². The Balaban J connectivity index is 2.60. The fraction of sp³-hybridized carbons (Fsp3) is 0.636. The van der Waals surface area contributed by atoms with Crippen LogP contribution in [0.2, 0.25) is 5.15 Å². The first-order valence-corrected chi connectivity index (χ1v) is 6.78. The lowest BCUT2D eigenvalue weighted by molar-refractivity contribution is 0.0182. The van der Waals surface area contributed by atoms with Crippen LogP contribution in [0.3, 0.4) is 0 Å². The average molecular weight is 344 g/mol. The summed E-state index contributed by atoms with van der Waals surface area (Å²) in [4.78, 5) is 8.40. The second kappa shape index (κ2) is 7.96. The molecule has 0 atom stereocenters. The smallest absolute Gasteiger partial charge is 0.261 e. The molecule has 0 amide bonds. The van der Waals surface area contributed by atoms with Crippen molar-refractivity contribution < 1.29 is 13.5 Å². The van der Waals surface area contributed by atoms with E-state index < -0.39 is 13.0 Å². The highest BCUT2D eigenvalue weighted by molar-refractivity contribution is 9.10. The zero-order chi connectivity index (χ0) is 13.5. The third-order valence-electron chi connectivity index (χ3n) is 2.13. The van der Waals surface area contributed by atoms with Crippen molar-refractivity contribution in [3.8, 4) is 0 Å². The van der Waals surface area contributed by atoms with Gasteiger partial charge in [0.2, 0.25) is 0 Å². The standard InChI is InChI=1S/C11H14BrClF2N2O/c1-2-3-7-10(12)11(13)17-9(16-7)4-5-18-6-8(14)15/h8H,2-6H2,1H3. The molecule has 0 bridgehead atoms. The molecule has 18 heavy (non-hydrogen) atoms. The molecule has 1 aromatic heterocycles. The van der Waals surface area contributed by atoms with E-state index in [1.165, 1.54) is 0 Å². The lowest BCUT2D eigenvalue weighted by atomic mass is 10.2. The van der Waals surface area contributed by atoms with Gasteiger partial charge in [-0.1, -0.05) is 24.9 Å². The van der Waals surface area contributed by atoms with Gasteiger partial charge in [-0.2, -0.15) is 0 Å². The monoisotopic (exact) mass is 342 g/mol. The number of hydrogen-bond acceptors (Lipinski definition) is 3. The molecule has 102 valence electrons. The molecule has 0 aliphatic carbocycles. The Morgan fingerprint density at radius 1 is 1.33 bits per heavy atom. The molecular formula is C11H14BrClF2N2O. The Morgan fingerprint density at radius 2 is 2.06 bits per heavy atom. The first-order chi connectivity index (χ1) is 8.54. The van der Waals surface area contributed by atoms with Gasteiger partial charge < -0.3 is 4.74 Å². The highest BCUT2D eigenvalue weighted by Crippen LogP contribution is 2.24. The van der Waals surface area contributed by atoms with Crippen molar-refractivity contribution in [2.24, 2.45) is 0 Å². The molecule has 0 fully saturated rings. The van der Waals surface area contributed by atoms with E-state index in [-0.39, 0.29) is 6.61 Å². The lowest BCUT2D eigenvalue weighted by Crippen LogP contribution is -2.10. The Labute approximate surface area is 118 Å². The summed E-state index contributed by atoms with van der Waals surface area (Å²) in [7, 11) is 0. The summed E-state index contributed by atoms with van der Waals surface area (Å²) in [6.45, 7) is 1.63. The molecule has 1 rings (SSSR count). The Kier molecular flexibility index (Phi) is 6.96. The van der Waals surface area contributed by atoms with Crippen LogP contribution >= 0.6 is 27.5 Å². The van der Waals surface area contributed by atoms with Crippen LogP contribution in [0.1, 0.15) is 24.9 Å². The van der Waals surface area contributed by atoms with E-state index in [0.29, 0.717) is 21.9 Å². The van der Waals surface area contributed by atoms with Crippen LogP contribution in [0.25, 0.3) is 0 Å². The van der Waals surface area contributed by atoms with E-state index in [1.807, 2.05) is 6.92 Å². The molecule has 0 aromatic carbocycles. The number of rotatable bonds is 7. The molecule has 0 aliphatic heterocycles. The van der Waals surface area contributed by atoms with Crippen LogP contribution in [0.15, 0.2) is 4.47 Å². The van der Waals surface area contributed by atoms with Crippen molar-refractivity contribution in [2.75, 3.05) is 13.2 Å². The molecule has 0 saturated carbocycles. The number of nitrogens with zero attached hydrogens (tertiary/aromatic N) is 2. The first-order valence-electron chi connectivity index (χ1n) is 5.61. The molecule has 1 aromatic rings. The quantitative estimate of drug-likeness (QED) is 0.560. The summed E-state index contributed by atoms with van der Waals surface area (Å²) in [6.07, 6.45) is -0.354. The maximum Gasteiger partial charge on any atom is 0.261 e. The Morgan fingerprint density at radius 3 is 2.67 bits per heavy atom. The van der Waals surface area contributed by atoms with Crippen molar-refractivity contribution in [2.45, 2.75) is 32.6 Å². The average Bonchev–Trinajstić information content (AvgIpc) is 2.31. The summed E-state index contributed by atoms with van der Waals surface area (Å²) < 4.78 is 29.2. The van der Waals surface area contributed by atoms with E-state index in [9.17, 15) is 8.78 Å². The number of aromatic nitrogens is 2. The lowest BCUT2D eigenvalue weighted by Gasteiger charge is -2.07. The van der Waals surface area contributed by atoms with Crippen LogP contribution in [-0.2, 0) is 17.6 Å². The minimum absolute atomic E-state index is 0.161. The largest absolute Gasteiger partial charge is 0.375 e. The van der Waals surface area contributed by atoms with Crippen LogP contribution in [0, 0.1) is 0 Å². The minimum atomic E-state index is -2.45. The summed E-state index contributed by atoms with van der Waals surface area (Å²) in [6, 6.07) is 0. The van der Waals surface area contributed by atoms with Crippen molar-refractivity contribution in [3.63, 3.8) is 0 Å². The maximum atomic E-state index is 11.9. The molecular weight excluding hydrogens is 329 g/mol. The number of halogens is 4. The predicted octanol–water partition coefficient (Wildman–Crippen LogP) is 3.67. The van der Waals surface area contributed by atoms with Gasteiger partial charge in [0.05, 0.1) is 16.8 Å². The third-order valence-corrected chi connectivity index (χ3v) is 3.46. The number of ether oxygens (including phenoxy) is 1. The van der Waals surface area contributed by atoms with Crippen molar-refractivity contribution in [1.82, 2.24) is 9.97 Å². The second-order valence-corrected chi connectivity index (χ2v) is 4.81. The second-order valence-electron chi connectivity index (χ2n) is 3.66. The van der Waals surface area contributed by atoms with Crippen LogP contribution in [0.5, 0.6) is 0 Å². The molecule has 7 heteroatoms. The molecule has 0 unspecified atom stereocenters. The molecule has 0 radical (unpaired) electrons. The highest BCUT2D eigenvalue weighted by atomic mass is 79.9. The Bertz CT molecular complexity index is 394. The Hall–Kier alpha value is -0.330. The molecule has 3 nitrogen and oxygen atoms in total. The van der Waals surface area contributed by atoms with Crippen LogP contribution in [-0.4, -0.2) is 29.6 Å². The highest BCUT2D eigenvalue weighted by Gasteiger charge is 2.10. The van der Waals surface area contributed by atoms with Gasteiger partial charge >= 0.3 is 0 Å². The SMILES string of the molecule is CCCc1nc(CCOCC(F)F)nc(Cl)c1Br. The van der Waals surface area contributed by atoms with Gasteiger partial charge in [-0.3, -0.25) is 0 Å². The zero-order valence-corrected chi connectivity index (χ0v) is 12.3. The number of hydrogen-bond donors (Lipinski definition) is 0. The van der Waals surface area contributed by atoms with E-state index in [1.54, 1.807) is 0 Å². The third kappa shape index (κ3) is 5.12. The molecule has 1 heterocycles. The summed E-state index contributed by atoms with van der Waals surface area (Å²) in [5.74, 6) is 0.515. The predicted molar refractivity (Wildman–Crippen MR) is 69.3 cm³/mol. The zero-order valence-electron chi connectivity index (χ0n) is 9.93. The fourth-order valence-electron chi connectivity index (χ4n) is 1.36. The van der Waals surface area contributed by atoms with Gasteiger partial charge in [-0.15, -0.1) is 0 Å². The van der Waals surface area contributed by atoms with Crippen molar-refractivity contribution in [1.29, 1.82) is 0 Å². The number of aryl methyl sites for hydroxylation is 1. The van der Waals surface area contributed by atoms with Gasteiger partial charge in [0.1, 0.15) is 17.6 Å². The summed E-state index contributed by atoms with van der Waals surface area (Å²) in [5.41, 5.74) is 0.835. The van der Waals surface area contributed by atoms with Gasteiger partial charge in [-0.25, -0.2) is 18.7 Å². The minimum Gasteiger partial charge on any atom is -0.375 e. The summed E-state index contributed by atoms with van der Waals surface area (Å²) >= 11 is 9.29. The van der Waals surface area contributed by atoms with Crippen LogP contribution in [0.4, 0.5) is 8.78 Å². The maximum absolute atomic E-state index is 11.9. The van der Waals surface area contributed by atoms with Crippen LogP contribution < -0.4 is 0 Å². The van der Waals surface area contributed by atoms with E-state index >= 15 is 0 Å². The molecule has 0 spiro atoms. The normalized spacial score (nSPS) is 11.2. The summed E-state index contributed by atoms with van der Waals surface area (Å²) in [5, 5.41) is 0.345. The molecule has 0 aliphatic rings. The van der Waals surface area contributed by atoms with Gasteiger partial charge in [0.25, 0.3) is 6.43 Å². The topological polar surface area (TPSA) is 35.0 Å². The van der Waals surface area contributed by atoms with Gasteiger partial charge in [0.15, 0.2) is 0 Å². The molecule has 0 saturated heterocycles. The number of alkyl halides is 2.